The van der Waals surface area contributed by atoms with Crippen molar-refractivity contribution in [1.82, 2.24) is 10.6 Å². The lowest BCUT2D eigenvalue weighted by Crippen LogP contribution is -2.47. The Hall–Kier alpha value is -2.10. The second kappa shape index (κ2) is 12.3. The Kier molecular flexibility index (Phi) is 11.3. The first kappa shape index (κ1) is 23.9. The third-order valence-electron chi connectivity index (χ3n) is 3.23. The minimum atomic E-state index is -1.12. The second-order valence-corrected chi connectivity index (χ2v) is 7.65. The maximum atomic E-state index is 12.1. The number of nitrogens with one attached hydrogen (secondary N) is 2. The number of hydrogen-bond donors (Lipinski definition) is 4. The Morgan fingerprint density at radius 1 is 1.04 bits per heavy atom. The van der Waals surface area contributed by atoms with Gasteiger partial charge < -0.3 is 20.8 Å². The third-order valence-corrected chi connectivity index (χ3v) is 4.48. The lowest BCUT2D eigenvalue weighted by molar-refractivity contribution is -0.139. The van der Waals surface area contributed by atoms with Crippen LogP contribution in [0.15, 0.2) is 0 Å². The molecule has 148 valence electrons. The van der Waals surface area contributed by atoms with E-state index in [1.54, 1.807) is 6.92 Å². The van der Waals surface area contributed by atoms with E-state index in [-0.39, 0.29) is 36.7 Å². The van der Waals surface area contributed by atoms with E-state index in [4.69, 9.17) is 10.2 Å². The quantitative estimate of drug-likeness (QED) is 0.353. The van der Waals surface area contributed by atoms with Gasteiger partial charge in [0.2, 0.25) is 11.8 Å². The Morgan fingerprint density at radius 3 is 2.12 bits per heavy atom. The molecule has 2 amide bonds. The van der Waals surface area contributed by atoms with Gasteiger partial charge in [-0.05, 0) is 11.7 Å². The maximum Gasteiger partial charge on any atom is 0.305 e. The predicted octanol–water partition coefficient (Wildman–Crippen LogP) is 0.416. The van der Waals surface area contributed by atoms with Gasteiger partial charge in [0.25, 0.3) is 0 Å². The highest BCUT2D eigenvalue weighted by Gasteiger charge is 2.25. The molecule has 0 aromatic rings. The Bertz CT molecular complexity index is 537. The van der Waals surface area contributed by atoms with Gasteiger partial charge in [0.15, 0.2) is 5.78 Å². The van der Waals surface area contributed by atoms with Crippen molar-refractivity contribution >= 4 is 41.3 Å². The van der Waals surface area contributed by atoms with Gasteiger partial charge >= 0.3 is 11.9 Å². The van der Waals surface area contributed by atoms with Crippen LogP contribution in [0.1, 0.15) is 46.5 Å². The molecule has 0 bridgehead atoms. The molecule has 0 fully saturated rings. The zero-order chi connectivity index (χ0) is 20.3. The summed E-state index contributed by atoms with van der Waals surface area (Å²) in [6.07, 6.45) is -0.532. The molecule has 0 saturated heterocycles. The number of carbonyl (C=O) groups excluding carboxylic acids is 3. The summed E-state index contributed by atoms with van der Waals surface area (Å²) in [4.78, 5) is 57.3. The topological polar surface area (TPSA) is 150 Å². The van der Waals surface area contributed by atoms with Gasteiger partial charge in [0.05, 0.1) is 24.3 Å². The Morgan fingerprint density at radius 2 is 1.65 bits per heavy atom. The summed E-state index contributed by atoms with van der Waals surface area (Å²) in [5.41, 5.74) is 0. The molecule has 0 aliphatic rings. The third kappa shape index (κ3) is 10.7. The van der Waals surface area contributed by atoms with E-state index in [0.29, 0.717) is 0 Å². The summed E-state index contributed by atoms with van der Waals surface area (Å²) in [6.45, 7) is 4.82. The van der Waals surface area contributed by atoms with Gasteiger partial charge in [0, 0.05) is 12.8 Å². The highest BCUT2D eigenvalue weighted by atomic mass is 32.2. The molecular formula is C16H26N2O7S. The fourth-order valence-electron chi connectivity index (χ4n) is 2.04. The molecule has 10 heteroatoms. The van der Waals surface area contributed by atoms with Crippen LogP contribution in [-0.4, -0.2) is 62.8 Å². The first-order chi connectivity index (χ1) is 12.1. The summed E-state index contributed by atoms with van der Waals surface area (Å²) in [5.74, 6) is -3.72. The zero-order valence-electron chi connectivity index (χ0n) is 15.1. The molecule has 1 unspecified atom stereocenters. The van der Waals surface area contributed by atoms with E-state index in [1.807, 2.05) is 13.8 Å². The highest BCUT2D eigenvalue weighted by Crippen LogP contribution is 2.20. The van der Waals surface area contributed by atoms with E-state index in [0.717, 1.165) is 0 Å². The van der Waals surface area contributed by atoms with Crippen LogP contribution in [0.4, 0.5) is 0 Å². The number of aliphatic carboxylic acids is 2. The summed E-state index contributed by atoms with van der Waals surface area (Å²) in [7, 11) is 0. The van der Waals surface area contributed by atoms with Crippen LogP contribution in [0.25, 0.3) is 0 Å². The molecular weight excluding hydrogens is 364 g/mol. The molecule has 2 atom stereocenters. The molecule has 0 heterocycles. The van der Waals surface area contributed by atoms with E-state index in [2.05, 4.69) is 10.6 Å². The van der Waals surface area contributed by atoms with Gasteiger partial charge in [-0.3, -0.25) is 24.0 Å². The van der Waals surface area contributed by atoms with E-state index >= 15 is 0 Å². The number of thioether (sulfide) groups is 1. The zero-order valence-corrected chi connectivity index (χ0v) is 15.9. The lowest BCUT2D eigenvalue weighted by atomic mass is 10.0. The number of rotatable bonds is 13. The number of carbonyl (C=O) groups is 5. The number of carboxylic acids is 2. The summed E-state index contributed by atoms with van der Waals surface area (Å²) < 4.78 is 0. The molecule has 0 radical (unpaired) electrons. The molecule has 9 nitrogen and oxygen atoms in total. The number of ketones is 1. The van der Waals surface area contributed by atoms with Gasteiger partial charge in [-0.25, -0.2) is 0 Å². The molecule has 4 N–H and O–H groups in total. The molecule has 0 aliphatic heterocycles. The minimum absolute atomic E-state index is 0.0292. The monoisotopic (exact) mass is 390 g/mol. The van der Waals surface area contributed by atoms with Crippen molar-refractivity contribution in [3.63, 3.8) is 0 Å². The van der Waals surface area contributed by atoms with Gasteiger partial charge in [-0.2, -0.15) is 0 Å². The number of amides is 2. The second-order valence-electron chi connectivity index (χ2n) is 5.86. The molecule has 0 aromatic heterocycles. The van der Waals surface area contributed by atoms with Crippen LogP contribution in [0.2, 0.25) is 0 Å². The molecule has 0 rings (SSSR count). The van der Waals surface area contributed by atoms with Gasteiger partial charge in [-0.15, -0.1) is 11.8 Å². The van der Waals surface area contributed by atoms with Crippen LogP contribution in [0, 0.1) is 0 Å². The Labute approximate surface area is 156 Å². The number of carboxylic acid groups (broad SMARTS) is 2. The van der Waals surface area contributed by atoms with E-state index in [1.165, 1.54) is 11.8 Å². The van der Waals surface area contributed by atoms with Crippen molar-refractivity contribution in [2.24, 2.45) is 0 Å². The molecule has 0 aromatic carbocycles. The van der Waals surface area contributed by atoms with Crippen LogP contribution >= 0.6 is 11.8 Å². The van der Waals surface area contributed by atoms with Crippen LogP contribution in [-0.2, 0) is 24.0 Å². The van der Waals surface area contributed by atoms with Crippen LogP contribution < -0.4 is 10.6 Å². The average Bonchev–Trinajstić information content (AvgIpc) is 2.53. The Balaban J connectivity index is 4.66. The smallest absolute Gasteiger partial charge is 0.305 e. The molecule has 0 saturated carbocycles. The van der Waals surface area contributed by atoms with Gasteiger partial charge in [0.1, 0.15) is 0 Å². The van der Waals surface area contributed by atoms with Crippen LogP contribution in [0.5, 0.6) is 0 Å². The lowest BCUT2D eigenvalue weighted by Gasteiger charge is -2.18. The maximum absolute atomic E-state index is 12.1. The van der Waals surface area contributed by atoms with Crippen molar-refractivity contribution in [3.05, 3.63) is 0 Å². The fourth-order valence-corrected chi connectivity index (χ4v) is 3.15. The van der Waals surface area contributed by atoms with Crippen molar-refractivity contribution in [1.29, 1.82) is 0 Å². The average molecular weight is 390 g/mol. The molecule has 26 heavy (non-hydrogen) atoms. The predicted molar refractivity (Wildman–Crippen MR) is 95.9 cm³/mol. The van der Waals surface area contributed by atoms with Crippen LogP contribution in [0.3, 0.4) is 0 Å². The fraction of sp³-hybridized carbons (Fsp3) is 0.688. The molecule has 0 spiro atoms. The first-order valence-electron chi connectivity index (χ1n) is 8.25. The SMILES string of the molecule is CCC(=O)[C@H](CCC(=O)O)NC(=O)CNC(=O)C(CC(=O)O)SC(C)C. The highest BCUT2D eigenvalue weighted by molar-refractivity contribution is 8.01. The normalized spacial score (nSPS) is 12.9. The van der Waals surface area contributed by atoms with E-state index in [9.17, 15) is 24.0 Å². The molecule has 0 aliphatic carbocycles. The standard InChI is InChI=1S/C16H26N2O7S/c1-4-11(19)10(5-6-14(21)22)18-13(20)8-17-16(25)12(7-15(23)24)26-9(2)3/h9-10,12H,4-8H2,1-3H3,(H,17,25)(H,18,20)(H,21,22)(H,23,24)/t10-,12?/m0/s1. The van der Waals surface area contributed by atoms with Crippen molar-refractivity contribution < 1.29 is 34.2 Å². The van der Waals surface area contributed by atoms with Crippen molar-refractivity contribution in [2.75, 3.05) is 6.54 Å². The minimum Gasteiger partial charge on any atom is -0.481 e. The number of hydrogen-bond acceptors (Lipinski definition) is 6. The summed E-state index contributed by atoms with van der Waals surface area (Å²) >= 11 is 1.18. The summed E-state index contributed by atoms with van der Waals surface area (Å²) in [5, 5.41) is 21.5. The van der Waals surface area contributed by atoms with E-state index < -0.39 is 41.6 Å². The summed E-state index contributed by atoms with van der Waals surface area (Å²) in [6, 6.07) is -0.930. The number of Topliss-reactive ketones (excluding diaryl/α,β-unsaturated/α-hetero) is 1. The van der Waals surface area contributed by atoms with Gasteiger partial charge in [-0.1, -0.05) is 20.8 Å². The first-order valence-corrected chi connectivity index (χ1v) is 9.19. The van der Waals surface area contributed by atoms with Crippen molar-refractivity contribution in [3.8, 4) is 0 Å². The van der Waals surface area contributed by atoms with Crippen molar-refractivity contribution in [2.45, 2.75) is 63.0 Å². The largest absolute Gasteiger partial charge is 0.481 e.